The van der Waals surface area contributed by atoms with E-state index in [0.717, 1.165) is 62.4 Å². The average Bonchev–Trinajstić information content (AvgIpc) is 3.64. The molecule has 244 valence electrons. The molecule has 2 amide bonds. The molecular formula is C35H50N6O4. The molecule has 0 radical (unpaired) electrons. The zero-order valence-corrected chi connectivity index (χ0v) is 27.1. The number of aliphatic hydroxyl groups is 1. The van der Waals surface area contributed by atoms with Crippen LogP contribution in [0.4, 0.5) is 0 Å². The molecule has 1 aromatic heterocycles. The van der Waals surface area contributed by atoms with Gasteiger partial charge in [-0.2, -0.15) is 0 Å². The lowest BCUT2D eigenvalue weighted by Crippen LogP contribution is -2.48. The largest absolute Gasteiger partial charge is 0.491 e. The number of aromatic amines is 1. The highest BCUT2D eigenvalue weighted by Crippen LogP contribution is 2.25. The minimum absolute atomic E-state index is 0.00328. The number of aliphatic hydroxyl groups excluding tert-OH is 1. The van der Waals surface area contributed by atoms with Crippen molar-refractivity contribution < 1.29 is 19.4 Å². The van der Waals surface area contributed by atoms with Crippen molar-refractivity contribution in [3.8, 4) is 5.75 Å². The second-order valence-electron chi connectivity index (χ2n) is 12.7. The van der Waals surface area contributed by atoms with E-state index in [1.54, 1.807) is 6.92 Å². The van der Waals surface area contributed by atoms with Crippen LogP contribution in [0, 0.1) is 6.92 Å². The zero-order chi connectivity index (χ0) is 31.8. The Labute approximate surface area is 267 Å². The van der Waals surface area contributed by atoms with E-state index in [4.69, 9.17) is 4.74 Å². The summed E-state index contributed by atoms with van der Waals surface area (Å²) in [6.45, 7) is 10.9. The van der Waals surface area contributed by atoms with E-state index in [1.807, 2.05) is 59.3 Å². The molecule has 3 heterocycles. The molecule has 2 aliphatic rings. The molecule has 10 nitrogen and oxygen atoms in total. The van der Waals surface area contributed by atoms with Crippen LogP contribution in [0.25, 0.3) is 10.9 Å². The van der Waals surface area contributed by atoms with Crippen molar-refractivity contribution in [1.29, 1.82) is 0 Å². The predicted molar refractivity (Wildman–Crippen MR) is 177 cm³/mol. The molecule has 2 aliphatic heterocycles. The maximum absolute atomic E-state index is 13.6. The number of β-amino-alcohol motifs (C(OH)–C–C–N with tert-alkyl or cyclic N) is 1. The van der Waals surface area contributed by atoms with Gasteiger partial charge in [0.05, 0.1) is 6.04 Å². The second-order valence-corrected chi connectivity index (χ2v) is 12.7. The minimum atomic E-state index is -0.784. The number of fused-ring (bicyclic) bond motifs is 1. The maximum atomic E-state index is 13.6. The Bertz CT molecular complexity index is 1400. The van der Waals surface area contributed by atoms with Crippen molar-refractivity contribution in [3.63, 3.8) is 0 Å². The summed E-state index contributed by atoms with van der Waals surface area (Å²) < 4.78 is 5.92. The van der Waals surface area contributed by atoms with Crippen LogP contribution >= 0.6 is 0 Å². The van der Waals surface area contributed by atoms with Gasteiger partial charge in [0.25, 0.3) is 0 Å². The van der Waals surface area contributed by atoms with Crippen LogP contribution in [0.3, 0.4) is 0 Å². The van der Waals surface area contributed by atoms with Crippen LogP contribution in [0.15, 0.2) is 54.7 Å². The third-order valence-electron chi connectivity index (χ3n) is 9.34. The maximum Gasteiger partial charge on any atom is 0.237 e. The van der Waals surface area contributed by atoms with Gasteiger partial charge in [0.15, 0.2) is 0 Å². The first-order valence-corrected chi connectivity index (χ1v) is 16.4. The highest BCUT2D eigenvalue weighted by atomic mass is 16.5. The number of carbonyl (C=O) groups excluding carboxylic acids is 2. The van der Waals surface area contributed by atoms with Gasteiger partial charge in [-0.15, -0.1) is 0 Å². The highest BCUT2D eigenvalue weighted by molar-refractivity contribution is 5.83. The van der Waals surface area contributed by atoms with Gasteiger partial charge >= 0.3 is 0 Å². The first-order valence-electron chi connectivity index (χ1n) is 16.4. The van der Waals surface area contributed by atoms with E-state index in [0.29, 0.717) is 26.1 Å². The van der Waals surface area contributed by atoms with E-state index >= 15 is 0 Å². The number of piperazine rings is 1. The zero-order valence-electron chi connectivity index (χ0n) is 27.1. The Morgan fingerprint density at radius 2 is 1.87 bits per heavy atom. The van der Waals surface area contributed by atoms with Gasteiger partial charge in [-0.3, -0.25) is 14.5 Å². The van der Waals surface area contributed by atoms with E-state index < -0.39 is 12.1 Å². The first-order chi connectivity index (χ1) is 21.8. The lowest BCUT2D eigenvalue weighted by atomic mass is 10.1. The Morgan fingerprint density at radius 3 is 2.64 bits per heavy atom. The van der Waals surface area contributed by atoms with Crippen LogP contribution in [0.2, 0.25) is 0 Å². The fourth-order valence-electron chi connectivity index (χ4n) is 6.69. The fourth-order valence-corrected chi connectivity index (χ4v) is 6.69. The number of hydrogen-bond donors (Lipinski definition) is 3. The number of nitrogens with zero attached hydrogens (tertiary/aromatic N) is 4. The standard InChI is InChI=1S/C35H50N6O4/c1-26-9-4-7-12-34(26)45-25-30(43)24-40-23-29(21-33(40)35(44)36-14-8-15-39-19-17-38(3)18-20-39)41(27(2)42)16-13-28-22-37-32-11-6-5-10-31(28)32/h4-7,9-12,22,29-30,33,37,43H,8,13-21,23-25H2,1-3H3,(H,36,44). The van der Waals surface area contributed by atoms with Gasteiger partial charge < -0.3 is 34.8 Å². The summed E-state index contributed by atoms with van der Waals surface area (Å²) in [5, 5.41) is 15.3. The van der Waals surface area contributed by atoms with Crippen molar-refractivity contribution in [2.24, 2.45) is 0 Å². The molecule has 3 aromatic rings. The molecule has 0 aliphatic carbocycles. The van der Waals surface area contributed by atoms with Crippen LogP contribution in [-0.4, -0.2) is 132 Å². The number of nitrogens with one attached hydrogen (secondary N) is 2. The predicted octanol–water partition coefficient (Wildman–Crippen LogP) is 2.50. The third-order valence-corrected chi connectivity index (χ3v) is 9.34. The number of aryl methyl sites for hydroxylation is 1. The quantitative estimate of drug-likeness (QED) is 0.239. The number of rotatable bonds is 14. The molecule has 3 atom stereocenters. The summed E-state index contributed by atoms with van der Waals surface area (Å²) in [5.74, 6) is 0.699. The SMILES string of the molecule is CC(=O)N(CCc1c[nH]c2ccccc12)C1CC(C(=O)NCCCN2CCN(C)CC2)N(CC(O)COc2ccccc2C)C1. The van der Waals surface area contributed by atoms with E-state index in [1.165, 1.54) is 10.9 Å². The van der Waals surface area contributed by atoms with Crippen molar-refractivity contribution in [2.45, 2.75) is 51.3 Å². The molecule has 0 bridgehead atoms. The summed E-state index contributed by atoms with van der Waals surface area (Å²) >= 11 is 0. The van der Waals surface area contributed by atoms with Gasteiger partial charge in [-0.1, -0.05) is 36.4 Å². The molecule has 5 rings (SSSR count). The summed E-state index contributed by atoms with van der Waals surface area (Å²) in [4.78, 5) is 38.6. The van der Waals surface area contributed by atoms with Gasteiger partial charge in [-0.05, 0) is 63.0 Å². The fraction of sp³-hybridized carbons (Fsp3) is 0.543. The first kappa shape index (κ1) is 32.9. The van der Waals surface area contributed by atoms with E-state index in [2.05, 4.69) is 39.3 Å². The molecule has 10 heteroatoms. The molecule has 0 spiro atoms. The average molecular weight is 619 g/mol. The van der Waals surface area contributed by atoms with Crippen molar-refractivity contribution >= 4 is 22.7 Å². The Balaban J connectivity index is 1.21. The lowest BCUT2D eigenvalue weighted by Gasteiger charge is -2.32. The van der Waals surface area contributed by atoms with Gasteiger partial charge in [0.2, 0.25) is 11.8 Å². The normalized spacial score (nSPS) is 20.4. The summed E-state index contributed by atoms with van der Waals surface area (Å²) in [5.41, 5.74) is 3.26. The number of hydrogen-bond acceptors (Lipinski definition) is 7. The molecule has 3 N–H and O–H groups in total. The third kappa shape index (κ3) is 8.85. The minimum Gasteiger partial charge on any atom is -0.491 e. The van der Waals surface area contributed by atoms with Crippen LogP contribution in [0.1, 0.15) is 30.9 Å². The molecule has 2 aromatic carbocycles. The Hall–Kier alpha value is -3.44. The number of likely N-dealkylation sites (N-methyl/N-ethyl adjacent to an activating group) is 1. The number of amides is 2. The van der Waals surface area contributed by atoms with Crippen LogP contribution in [0.5, 0.6) is 5.75 Å². The van der Waals surface area contributed by atoms with Crippen LogP contribution in [-0.2, 0) is 16.0 Å². The molecule has 0 saturated carbocycles. The summed E-state index contributed by atoms with van der Waals surface area (Å²) in [6.07, 6.45) is 3.38. The highest BCUT2D eigenvalue weighted by Gasteiger charge is 2.40. The van der Waals surface area contributed by atoms with Crippen molar-refractivity contribution in [2.75, 3.05) is 72.6 Å². The number of likely N-dealkylation sites (tertiary alicyclic amines) is 1. The summed E-state index contributed by atoms with van der Waals surface area (Å²) in [6, 6.07) is 15.4. The van der Waals surface area contributed by atoms with E-state index in [-0.39, 0.29) is 31.0 Å². The number of ether oxygens (including phenoxy) is 1. The Kier molecular flexibility index (Phi) is 11.5. The van der Waals surface area contributed by atoms with Gasteiger partial charge in [0.1, 0.15) is 18.5 Å². The summed E-state index contributed by atoms with van der Waals surface area (Å²) in [7, 11) is 2.15. The monoisotopic (exact) mass is 618 g/mol. The van der Waals surface area contributed by atoms with Crippen molar-refractivity contribution in [1.82, 2.24) is 29.9 Å². The Morgan fingerprint density at radius 1 is 1.11 bits per heavy atom. The number of carbonyl (C=O) groups is 2. The molecule has 2 saturated heterocycles. The topological polar surface area (TPSA) is 104 Å². The van der Waals surface area contributed by atoms with Crippen LogP contribution < -0.4 is 10.1 Å². The molecular weight excluding hydrogens is 568 g/mol. The number of aromatic nitrogens is 1. The lowest BCUT2D eigenvalue weighted by molar-refractivity contribution is -0.131. The number of para-hydroxylation sites is 2. The molecule has 45 heavy (non-hydrogen) atoms. The smallest absolute Gasteiger partial charge is 0.237 e. The molecule has 3 unspecified atom stereocenters. The van der Waals surface area contributed by atoms with Crippen molar-refractivity contribution in [3.05, 3.63) is 65.9 Å². The molecule has 2 fully saturated rings. The second kappa shape index (κ2) is 15.7. The van der Waals surface area contributed by atoms with Gasteiger partial charge in [0, 0.05) is 82.4 Å². The van der Waals surface area contributed by atoms with E-state index in [9.17, 15) is 14.7 Å². The van der Waals surface area contributed by atoms with Gasteiger partial charge in [-0.25, -0.2) is 0 Å². The number of benzene rings is 2. The number of H-pyrrole nitrogens is 1.